The number of aromatic amines is 1. The zero-order valence-corrected chi connectivity index (χ0v) is 10.5. The van der Waals surface area contributed by atoms with Gasteiger partial charge in [0, 0.05) is 24.4 Å². The molecule has 1 aliphatic heterocycles. The van der Waals surface area contributed by atoms with Gasteiger partial charge in [-0.05, 0) is 12.1 Å². The van der Waals surface area contributed by atoms with Crippen LogP contribution in [0.1, 0.15) is 6.42 Å². The quantitative estimate of drug-likeness (QED) is 0.765. The number of fused-ring (bicyclic) bond motifs is 1. The van der Waals surface area contributed by atoms with Crippen LogP contribution >= 0.6 is 0 Å². The van der Waals surface area contributed by atoms with Crippen molar-refractivity contribution >= 4 is 22.5 Å². The number of carbonyl (C=O) groups is 1. The summed E-state index contributed by atoms with van der Waals surface area (Å²) in [6, 6.07) is 5.78. The lowest BCUT2D eigenvalue weighted by Crippen LogP contribution is -2.43. The summed E-state index contributed by atoms with van der Waals surface area (Å²) in [5.41, 5.74) is 1.70. The molecule has 2 aromatic rings. The molecule has 1 unspecified atom stereocenters. The Morgan fingerprint density at radius 2 is 2.47 bits per heavy atom. The summed E-state index contributed by atoms with van der Waals surface area (Å²) in [5, 5.41) is 14.0. The highest BCUT2D eigenvalue weighted by molar-refractivity contribution is 6.00. The molecule has 3 N–H and O–H groups in total. The lowest BCUT2D eigenvalue weighted by atomic mass is 10.1. The van der Waals surface area contributed by atoms with Crippen molar-refractivity contribution in [2.24, 2.45) is 0 Å². The Balaban J connectivity index is 1.67. The predicted molar refractivity (Wildman–Crippen MR) is 72.0 cm³/mol. The normalized spacial score (nSPS) is 19.5. The lowest BCUT2D eigenvalue weighted by Gasteiger charge is -2.23. The number of nitrogens with one attached hydrogen (secondary N) is 3. The minimum absolute atomic E-state index is 0.0169. The first-order valence-electron chi connectivity index (χ1n) is 6.36. The third-order valence-corrected chi connectivity index (χ3v) is 3.19. The first kappa shape index (κ1) is 12.1. The molecule has 19 heavy (non-hydrogen) atoms. The topological polar surface area (TPSA) is 79.0 Å². The van der Waals surface area contributed by atoms with E-state index in [-0.39, 0.29) is 11.9 Å². The zero-order valence-electron chi connectivity index (χ0n) is 10.5. The maximum Gasteiger partial charge on any atom is 0.226 e. The van der Waals surface area contributed by atoms with Crippen molar-refractivity contribution in [2.75, 3.05) is 25.1 Å². The number of hydrogen-bond donors (Lipinski definition) is 3. The molecule has 1 aromatic heterocycles. The highest BCUT2D eigenvalue weighted by atomic mass is 16.5. The molecule has 1 aliphatic rings. The minimum atomic E-state index is -0.0169. The van der Waals surface area contributed by atoms with E-state index in [0.29, 0.717) is 19.6 Å². The largest absolute Gasteiger partial charge is 0.378 e. The van der Waals surface area contributed by atoms with Crippen LogP contribution < -0.4 is 10.6 Å². The number of anilines is 1. The lowest BCUT2D eigenvalue weighted by molar-refractivity contribution is -0.117. The fourth-order valence-corrected chi connectivity index (χ4v) is 2.25. The first-order valence-corrected chi connectivity index (χ1v) is 6.36. The highest BCUT2D eigenvalue weighted by Crippen LogP contribution is 2.21. The van der Waals surface area contributed by atoms with Crippen molar-refractivity contribution in [2.45, 2.75) is 12.5 Å². The number of benzene rings is 1. The fraction of sp³-hybridized carbons (Fsp3) is 0.385. The van der Waals surface area contributed by atoms with Crippen molar-refractivity contribution < 1.29 is 9.53 Å². The maximum absolute atomic E-state index is 12.0. The molecule has 0 aliphatic carbocycles. The molecule has 2 heterocycles. The fourth-order valence-electron chi connectivity index (χ4n) is 2.25. The van der Waals surface area contributed by atoms with Gasteiger partial charge in [-0.15, -0.1) is 0 Å². The monoisotopic (exact) mass is 260 g/mol. The summed E-state index contributed by atoms with van der Waals surface area (Å²) in [6.45, 7) is 2.10. The van der Waals surface area contributed by atoms with E-state index in [1.165, 1.54) is 0 Å². The van der Waals surface area contributed by atoms with Crippen LogP contribution in [0.4, 0.5) is 5.69 Å². The first-order chi connectivity index (χ1) is 9.33. The third kappa shape index (κ3) is 2.74. The average Bonchev–Trinajstić information content (AvgIpc) is 2.89. The molecule has 0 spiro atoms. The molecule has 6 heteroatoms. The van der Waals surface area contributed by atoms with E-state index in [1.807, 2.05) is 18.2 Å². The molecule has 1 fully saturated rings. The second-order valence-corrected chi connectivity index (χ2v) is 4.62. The van der Waals surface area contributed by atoms with Crippen molar-refractivity contribution in [3.8, 4) is 0 Å². The molecule has 6 nitrogen and oxygen atoms in total. The molecule has 3 rings (SSSR count). The van der Waals surface area contributed by atoms with Gasteiger partial charge in [-0.25, -0.2) is 0 Å². The van der Waals surface area contributed by atoms with Gasteiger partial charge in [0.15, 0.2) is 0 Å². The van der Waals surface area contributed by atoms with E-state index in [2.05, 4.69) is 20.8 Å². The van der Waals surface area contributed by atoms with Crippen LogP contribution in [0.3, 0.4) is 0 Å². The van der Waals surface area contributed by atoms with Crippen molar-refractivity contribution in [3.05, 3.63) is 24.4 Å². The summed E-state index contributed by atoms with van der Waals surface area (Å²) in [5.74, 6) is -0.0169. The van der Waals surface area contributed by atoms with Gasteiger partial charge in [0.05, 0.1) is 30.6 Å². The van der Waals surface area contributed by atoms with Gasteiger partial charge in [0.1, 0.15) is 0 Å². The Kier molecular flexibility index (Phi) is 3.43. The molecule has 1 amide bonds. The van der Waals surface area contributed by atoms with Gasteiger partial charge in [0.25, 0.3) is 0 Å². The second kappa shape index (κ2) is 5.38. The summed E-state index contributed by atoms with van der Waals surface area (Å²) >= 11 is 0. The average molecular weight is 260 g/mol. The number of aromatic nitrogens is 2. The number of carbonyl (C=O) groups excluding carboxylic acids is 1. The van der Waals surface area contributed by atoms with Crippen LogP contribution in [0, 0.1) is 0 Å². The van der Waals surface area contributed by atoms with Crippen LogP contribution in [0.25, 0.3) is 10.9 Å². The van der Waals surface area contributed by atoms with Crippen molar-refractivity contribution in [3.63, 3.8) is 0 Å². The maximum atomic E-state index is 12.0. The van der Waals surface area contributed by atoms with E-state index >= 15 is 0 Å². The van der Waals surface area contributed by atoms with E-state index in [0.717, 1.165) is 23.1 Å². The summed E-state index contributed by atoms with van der Waals surface area (Å²) in [4.78, 5) is 12.0. The molecule has 0 bridgehead atoms. The van der Waals surface area contributed by atoms with Crippen molar-refractivity contribution in [1.29, 1.82) is 0 Å². The Morgan fingerprint density at radius 3 is 3.32 bits per heavy atom. The third-order valence-electron chi connectivity index (χ3n) is 3.19. The van der Waals surface area contributed by atoms with E-state index in [9.17, 15) is 4.79 Å². The molecule has 1 atom stereocenters. The minimum Gasteiger partial charge on any atom is -0.378 e. The van der Waals surface area contributed by atoms with Crippen LogP contribution in [-0.4, -0.2) is 41.9 Å². The van der Waals surface area contributed by atoms with E-state index in [1.54, 1.807) is 6.20 Å². The number of H-pyrrole nitrogens is 1. The summed E-state index contributed by atoms with van der Waals surface area (Å²) in [6.07, 6.45) is 2.13. The molecule has 1 saturated heterocycles. The van der Waals surface area contributed by atoms with Gasteiger partial charge in [0.2, 0.25) is 5.91 Å². The Morgan fingerprint density at radius 1 is 1.53 bits per heavy atom. The number of ether oxygens (including phenoxy) is 1. The molecule has 0 saturated carbocycles. The number of nitrogens with zero attached hydrogens (tertiary/aromatic N) is 1. The van der Waals surface area contributed by atoms with E-state index in [4.69, 9.17) is 4.74 Å². The van der Waals surface area contributed by atoms with Crippen LogP contribution in [-0.2, 0) is 9.53 Å². The molecular formula is C13H16N4O2. The van der Waals surface area contributed by atoms with Crippen LogP contribution in [0.15, 0.2) is 24.4 Å². The van der Waals surface area contributed by atoms with Gasteiger partial charge in [-0.1, -0.05) is 6.07 Å². The van der Waals surface area contributed by atoms with Gasteiger partial charge in [-0.2, -0.15) is 5.10 Å². The van der Waals surface area contributed by atoms with Crippen LogP contribution in [0.2, 0.25) is 0 Å². The second-order valence-electron chi connectivity index (χ2n) is 4.62. The highest BCUT2D eigenvalue weighted by Gasteiger charge is 2.17. The SMILES string of the molecule is O=C(CC1COCCN1)Nc1cccc2[nH]ncc12. The van der Waals surface area contributed by atoms with Crippen molar-refractivity contribution in [1.82, 2.24) is 15.5 Å². The van der Waals surface area contributed by atoms with Gasteiger partial charge >= 0.3 is 0 Å². The molecular weight excluding hydrogens is 244 g/mol. The standard InChI is InChI=1S/C13H16N4O2/c18-13(6-9-8-19-5-4-14-9)16-11-2-1-3-12-10(11)7-15-17-12/h1-3,7,9,14H,4-6,8H2,(H,15,17)(H,16,18). The Hall–Kier alpha value is -1.92. The molecule has 1 aromatic carbocycles. The molecule has 100 valence electrons. The smallest absolute Gasteiger partial charge is 0.226 e. The zero-order chi connectivity index (χ0) is 13.1. The van der Waals surface area contributed by atoms with Gasteiger partial charge in [-0.3, -0.25) is 9.89 Å². The number of hydrogen-bond acceptors (Lipinski definition) is 4. The Labute approximate surface area is 110 Å². The summed E-state index contributed by atoms with van der Waals surface area (Å²) < 4.78 is 5.33. The Bertz CT molecular complexity index is 575. The summed E-state index contributed by atoms with van der Waals surface area (Å²) in [7, 11) is 0. The van der Waals surface area contributed by atoms with E-state index < -0.39 is 0 Å². The number of rotatable bonds is 3. The molecule has 0 radical (unpaired) electrons. The number of morpholine rings is 1. The van der Waals surface area contributed by atoms with Gasteiger partial charge < -0.3 is 15.4 Å². The van der Waals surface area contributed by atoms with Crippen LogP contribution in [0.5, 0.6) is 0 Å². The number of amides is 1. The predicted octanol–water partition coefficient (Wildman–Crippen LogP) is 0.880.